The van der Waals surface area contributed by atoms with Gasteiger partial charge in [0.05, 0.1) is 33.0 Å². The van der Waals surface area contributed by atoms with E-state index < -0.39 is 30.0 Å². The molecule has 6 aromatic carbocycles. The van der Waals surface area contributed by atoms with E-state index in [0.717, 1.165) is 33.4 Å². The van der Waals surface area contributed by atoms with Crippen LogP contribution < -0.4 is 0 Å². The van der Waals surface area contributed by atoms with Crippen molar-refractivity contribution < 1.29 is 29.2 Å². The lowest BCUT2D eigenvalue weighted by atomic mass is 9.80. The third-order valence-corrected chi connectivity index (χ3v) is 9.14. The predicted molar refractivity (Wildman–Crippen MR) is 203 cm³/mol. The maximum Gasteiger partial charge on any atom is 0.143 e. The first kappa shape index (κ1) is 36.9. The second-order valence-electron chi connectivity index (χ2n) is 12.7. The van der Waals surface area contributed by atoms with Gasteiger partial charge in [0.1, 0.15) is 30.0 Å². The van der Waals surface area contributed by atoms with Gasteiger partial charge in [0, 0.05) is 0 Å². The molecule has 0 radical (unpaired) electrons. The molecule has 0 heterocycles. The van der Waals surface area contributed by atoms with Crippen LogP contribution in [-0.2, 0) is 44.4 Å². The monoisotopic (exact) mass is 694 g/mol. The molecule has 266 valence electrons. The van der Waals surface area contributed by atoms with E-state index in [2.05, 4.69) is 0 Å². The minimum Gasteiger partial charge on any atom is -0.394 e. The van der Waals surface area contributed by atoms with E-state index in [1.165, 1.54) is 0 Å². The molecule has 0 fully saturated rings. The van der Waals surface area contributed by atoms with E-state index in [1.807, 2.05) is 182 Å². The quantitative estimate of drug-likeness (QED) is 0.0835. The van der Waals surface area contributed by atoms with Crippen LogP contribution in [0.4, 0.5) is 0 Å². The molecule has 6 aromatic rings. The number of hydrogen-bond acceptors (Lipinski definition) is 6. The molecular weight excluding hydrogens is 648 g/mol. The summed E-state index contributed by atoms with van der Waals surface area (Å²) in [5.41, 5.74) is 4.51. The molecule has 0 saturated heterocycles. The highest BCUT2D eigenvalue weighted by Gasteiger charge is 2.42. The topological polar surface area (TPSA) is 77.4 Å². The molecule has 0 aliphatic heterocycles. The highest BCUT2D eigenvalue weighted by molar-refractivity contribution is 5.47. The van der Waals surface area contributed by atoms with E-state index in [-0.39, 0.29) is 33.0 Å². The molecule has 0 bridgehead atoms. The number of benzene rings is 6. The Bertz CT molecular complexity index is 1740. The summed E-state index contributed by atoms with van der Waals surface area (Å²) in [5, 5.41) is 23.1. The van der Waals surface area contributed by atoms with Crippen molar-refractivity contribution in [1.29, 1.82) is 0 Å². The first-order valence-corrected chi connectivity index (χ1v) is 17.7. The molecule has 0 aliphatic carbocycles. The van der Waals surface area contributed by atoms with E-state index in [9.17, 15) is 10.2 Å². The average molecular weight is 695 g/mol. The predicted octanol–water partition coefficient (Wildman–Crippen LogP) is 8.10. The van der Waals surface area contributed by atoms with Gasteiger partial charge in [-0.25, -0.2) is 0 Å². The Morgan fingerprint density at radius 1 is 0.423 bits per heavy atom. The van der Waals surface area contributed by atoms with E-state index in [0.29, 0.717) is 0 Å². The fraction of sp³-hybridized carbons (Fsp3) is 0.217. The second kappa shape index (κ2) is 19.1. The molecule has 6 nitrogen and oxygen atoms in total. The number of ether oxygens (including phenoxy) is 4. The Hall–Kier alpha value is -4.92. The fourth-order valence-corrected chi connectivity index (χ4v) is 6.47. The second-order valence-corrected chi connectivity index (χ2v) is 12.7. The molecule has 0 saturated carbocycles. The van der Waals surface area contributed by atoms with Crippen LogP contribution in [0.15, 0.2) is 182 Å². The van der Waals surface area contributed by atoms with Crippen molar-refractivity contribution in [2.45, 2.75) is 49.8 Å². The van der Waals surface area contributed by atoms with Crippen molar-refractivity contribution in [3.8, 4) is 0 Å². The fourth-order valence-electron chi connectivity index (χ4n) is 6.47. The van der Waals surface area contributed by atoms with Crippen LogP contribution in [0.2, 0.25) is 0 Å². The summed E-state index contributed by atoms with van der Waals surface area (Å²) in [4.78, 5) is 0. The Balaban J connectivity index is 1.36. The van der Waals surface area contributed by atoms with Crippen molar-refractivity contribution >= 4 is 0 Å². The van der Waals surface area contributed by atoms with E-state index in [1.54, 1.807) is 0 Å². The number of rotatable bonds is 19. The molecule has 52 heavy (non-hydrogen) atoms. The van der Waals surface area contributed by atoms with Gasteiger partial charge in [-0.05, 0) is 33.4 Å². The van der Waals surface area contributed by atoms with E-state index in [4.69, 9.17) is 18.9 Å². The summed E-state index contributed by atoms with van der Waals surface area (Å²) in [5.74, 6) is 0. The van der Waals surface area contributed by atoms with Crippen LogP contribution in [0.1, 0.15) is 33.4 Å². The summed E-state index contributed by atoms with van der Waals surface area (Å²) < 4.78 is 26.6. The van der Waals surface area contributed by atoms with Crippen LogP contribution in [-0.4, -0.2) is 47.8 Å². The Labute approximate surface area is 306 Å². The largest absolute Gasteiger partial charge is 0.394 e. The van der Waals surface area contributed by atoms with Gasteiger partial charge in [-0.2, -0.15) is 0 Å². The summed E-state index contributed by atoms with van der Waals surface area (Å²) in [6.45, 7) is 0.185. The summed E-state index contributed by atoms with van der Waals surface area (Å²) >= 11 is 0. The molecule has 2 N–H and O–H groups in total. The first-order valence-electron chi connectivity index (χ1n) is 17.7. The van der Waals surface area contributed by atoms with Gasteiger partial charge < -0.3 is 29.2 Å². The zero-order valence-corrected chi connectivity index (χ0v) is 29.2. The molecule has 0 aromatic heterocycles. The zero-order chi connectivity index (χ0) is 35.9. The minimum atomic E-state index is -1.20. The zero-order valence-electron chi connectivity index (χ0n) is 29.2. The number of hydrogen-bond donors (Lipinski definition) is 2. The van der Waals surface area contributed by atoms with Crippen molar-refractivity contribution in [3.05, 3.63) is 215 Å². The maximum absolute atomic E-state index is 12.3. The lowest BCUT2D eigenvalue weighted by molar-refractivity contribution is -0.197. The third-order valence-electron chi connectivity index (χ3n) is 9.14. The van der Waals surface area contributed by atoms with Crippen LogP contribution >= 0.6 is 0 Å². The first-order chi connectivity index (χ1) is 25.7. The molecule has 0 aliphatic rings. The number of aliphatic hydroxyl groups excluding tert-OH is 2. The van der Waals surface area contributed by atoms with Crippen LogP contribution in [0.25, 0.3) is 0 Å². The Kier molecular flexibility index (Phi) is 13.5. The SMILES string of the molecule is OC[C@H](OCc1ccccc1)[C@@H](OCc1ccccc1)[C@H](OCc1ccccc1)[C@H](O)COC(c1ccccc1)(c1ccccc1)c1ccccc1. The van der Waals surface area contributed by atoms with Gasteiger partial charge in [-0.1, -0.05) is 182 Å². The van der Waals surface area contributed by atoms with Crippen molar-refractivity contribution in [3.63, 3.8) is 0 Å². The summed E-state index contributed by atoms with van der Waals surface area (Å²) in [7, 11) is 0. The standard InChI is InChI=1S/C46H46O6/c47-31-43(49-32-36-19-7-1-8-20-36)45(51-34-38-23-11-3-12-24-38)44(50-33-37-21-9-2-10-22-37)42(48)35-52-46(39-25-13-4-14-26-39,40-27-15-5-16-28-40)41-29-17-6-18-30-41/h1-30,42-45,47-48H,31-35H2/t42-,43+,44-,45-/m1/s1. The molecule has 4 atom stereocenters. The highest BCUT2D eigenvalue weighted by atomic mass is 16.6. The van der Waals surface area contributed by atoms with Gasteiger partial charge in [-0.3, -0.25) is 0 Å². The van der Waals surface area contributed by atoms with Crippen LogP contribution in [0.3, 0.4) is 0 Å². The summed E-state index contributed by atoms with van der Waals surface area (Å²) in [6.07, 6.45) is -3.87. The maximum atomic E-state index is 12.3. The van der Waals surface area contributed by atoms with E-state index >= 15 is 0 Å². The van der Waals surface area contributed by atoms with Crippen molar-refractivity contribution in [2.75, 3.05) is 13.2 Å². The molecule has 6 heteroatoms. The van der Waals surface area contributed by atoms with Gasteiger partial charge in [0.2, 0.25) is 0 Å². The minimum absolute atomic E-state index is 0.125. The van der Waals surface area contributed by atoms with Crippen molar-refractivity contribution in [1.82, 2.24) is 0 Å². The Morgan fingerprint density at radius 3 is 1.12 bits per heavy atom. The molecule has 0 spiro atoms. The molecule has 0 amide bonds. The average Bonchev–Trinajstić information content (AvgIpc) is 3.22. The molecular formula is C46H46O6. The van der Waals surface area contributed by atoms with Gasteiger partial charge in [0.25, 0.3) is 0 Å². The van der Waals surface area contributed by atoms with Gasteiger partial charge in [-0.15, -0.1) is 0 Å². The van der Waals surface area contributed by atoms with Crippen LogP contribution in [0, 0.1) is 0 Å². The normalized spacial score (nSPS) is 14.0. The lowest BCUT2D eigenvalue weighted by Gasteiger charge is -2.39. The van der Waals surface area contributed by atoms with Crippen LogP contribution in [0.5, 0.6) is 0 Å². The van der Waals surface area contributed by atoms with Gasteiger partial charge in [0.15, 0.2) is 0 Å². The van der Waals surface area contributed by atoms with Crippen molar-refractivity contribution in [2.24, 2.45) is 0 Å². The summed E-state index contributed by atoms with van der Waals surface area (Å²) in [6, 6.07) is 59.5. The lowest BCUT2D eigenvalue weighted by Crippen LogP contribution is -2.52. The van der Waals surface area contributed by atoms with Gasteiger partial charge >= 0.3 is 0 Å². The molecule has 0 unspecified atom stereocenters. The highest BCUT2D eigenvalue weighted by Crippen LogP contribution is 2.41. The smallest absolute Gasteiger partial charge is 0.143 e. The number of aliphatic hydroxyl groups is 2. The molecule has 6 rings (SSSR count). The Morgan fingerprint density at radius 2 is 0.750 bits per heavy atom. The third kappa shape index (κ3) is 9.49.